The molecule has 0 aliphatic heterocycles. The Bertz CT molecular complexity index is 828. The van der Waals surface area contributed by atoms with Crippen LogP contribution in [0.4, 0.5) is 0 Å². The van der Waals surface area contributed by atoms with Gasteiger partial charge in [-0.3, -0.25) is 0 Å². The maximum Gasteiger partial charge on any atom is 0.00388 e. The zero-order valence-electron chi connectivity index (χ0n) is 17.1. The summed E-state index contributed by atoms with van der Waals surface area (Å²) in [6.45, 7) is 7.70. The van der Waals surface area contributed by atoms with Crippen molar-refractivity contribution in [2.45, 2.75) is 64.3 Å². The summed E-state index contributed by atoms with van der Waals surface area (Å²) in [6, 6.07) is 11.1. The summed E-state index contributed by atoms with van der Waals surface area (Å²) in [5, 5.41) is 0. The summed E-state index contributed by atoms with van der Waals surface area (Å²) < 4.78 is 5.62. The van der Waals surface area contributed by atoms with Crippen LogP contribution in [-0.2, 0) is 32.9 Å². The fourth-order valence-electron chi connectivity index (χ4n) is 2.96. The molecule has 2 aromatic rings. The first-order valence-corrected chi connectivity index (χ1v) is 14.4. The van der Waals surface area contributed by atoms with Gasteiger partial charge in [0.2, 0.25) is 0 Å². The van der Waals surface area contributed by atoms with E-state index in [4.69, 9.17) is 5.73 Å². The van der Waals surface area contributed by atoms with E-state index in [1.54, 1.807) is 0 Å². The fourth-order valence-corrected chi connectivity index (χ4v) is 4.06. The van der Waals surface area contributed by atoms with E-state index >= 15 is 0 Å². The molecule has 0 bridgehead atoms. The van der Waals surface area contributed by atoms with Gasteiger partial charge in [-0.15, -0.1) is 0 Å². The van der Waals surface area contributed by atoms with Gasteiger partial charge in [0.1, 0.15) is 0 Å². The molecule has 27 heavy (non-hydrogen) atoms. The van der Waals surface area contributed by atoms with Gasteiger partial charge < -0.3 is 5.73 Å². The largest absolute Gasteiger partial charge is 0.328 e. The van der Waals surface area contributed by atoms with Crippen molar-refractivity contribution >= 4 is 8.07 Å². The minimum absolute atomic E-state index is 0.536. The monoisotopic (exact) mass is 562 g/mol. The minimum Gasteiger partial charge on any atom is -0.328 e. The van der Waals surface area contributed by atoms with Crippen LogP contribution >= 0.6 is 0 Å². The molecule has 1 aliphatic rings. The summed E-state index contributed by atoms with van der Waals surface area (Å²) >= 11 is 2.36. The van der Waals surface area contributed by atoms with Crippen LogP contribution in [0.1, 0.15) is 43.4 Å². The van der Waals surface area contributed by atoms with Crippen molar-refractivity contribution < 1.29 is 19.4 Å². The van der Waals surface area contributed by atoms with Gasteiger partial charge >= 0.3 is 133 Å². The molecule has 0 spiro atoms. The number of hydrogen-bond donors (Lipinski definition) is 1. The topological polar surface area (TPSA) is 35.9 Å². The molecule has 5 heteroatoms. The molecule has 1 saturated carbocycles. The van der Waals surface area contributed by atoms with E-state index in [-0.39, 0.29) is 0 Å². The first kappa shape index (κ1) is 22.1. The molecule has 0 amide bonds. The third-order valence-electron chi connectivity index (χ3n) is 4.53. The maximum absolute atomic E-state index is 5.63. The second-order valence-electron chi connectivity index (χ2n) is 8.33. The predicted octanol–water partition coefficient (Wildman–Crippen LogP) is 4.46. The van der Waals surface area contributed by atoms with Crippen LogP contribution in [0.25, 0.3) is 0 Å². The second kappa shape index (κ2) is 10.4. The molecular weight excluding hydrogens is 529 g/mol. The molecule has 1 fully saturated rings. The molecule has 1 aliphatic carbocycles. The van der Waals surface area contributed by atoms with Crippen molar-refractivity contribution in [3.63, 3.8) is 0 Å². The Balaban J connectivity index is 0.000000313. The minimum atomic E-state index is -1.33. The van der Waals surface area contributed by atoms with Crippen LogP contribution in [-0.4, -0.2) is 23.2 Å². The SMILES string of the molecule is Cn1c(C#C[Si](C)(C)C)cn(Cc2ccccc2)[c]1=[Pt].NC1CCCCC1. The van der Waals surface area contributed by atoms with Crippen molar-refractivity contribution in [1.29, 1.82) is 0 Å². The molecule has 150 valence electrons. The van der Waals surface area contributed by atoms with Gasteiger partial charge in [-0.2, -0.15) is 0 Å². The number of hydrogen-bond acceptors (Lipinski definition) is 1. The molecular formula is C22H33N3PtSi. The molecule has 3 rings (SSSR count). The van der Waals surface area contributed by atoms with Crippen molar-refractivity contribution in [2.24, 2.45) is 12.8 Å². The van der Waals surface area contributed by atoms with Crippen LogP contribution in [0.15, 0.2) is 36.5 Å². The van der Waals surface area contributed by atoms with Gasteiger partial charge in [0.25, 0.3) is 0 Å². The van der Waals surface area contributed by atoms with Crippen LogP contribution in [0, 0.1) is 15.3 Å². The van der Waals surface area contributed by atoms with Gasteiger partial charge in [-0.25, -0.2) is 0 Å². The molecule has 0 saturated heterocycles. The molecule has 0 radical (unpaired) electrons. The smallest absolute Gasteiger partial charge is 0.00388 e. The number of rotatable bonds is 2. The Labute approximate surface area is 176 Å². The van der Waals surface area contributed by atoms with E-state index in [2.05, 4.69) is 103 Å². The molecule has 0 atom stereocenters. The van der Waals surface area contributed by atoms with Crippen molar-refractivity contribution in [3.8, 4) is 11.5 Å². The van der Waals surface area contributed by atoms with E-state index in [1.807, 2.05) is 0 Å². The summed E-state index contributed by atoms with van der Waals surface area (Å²) in [6.07, 6.45) is 8.82. The molecule has 2 N–H and O–H groups in total. The van der Waals surface area contributed by atoms with Gasteiger partial charge in [0, 0.05) is 6.04 Å². The Morgan fingerprint density at radius 1 is 1.11 bits per heavy atom. The Kier molecular flexibility index (Phi) is 8.54. The Morgan fingerprint density at radius 3 is 2.26 bits per heavy atom. The number of nitrogens with zero attached hydrogens (tertiary/aromatic N) is 2. The van der Waals surface area contributed by atoms with Crippen LogP contribution in [0.3, 0.4) is 0 Å². The normalized spacial score (nSPS) is 14.8. The second-order valence-corrected chi connectivity index (χ2v) is 14.1. The van der Waals surface area contributed by atoms with E-state index < -0.39 is 8.07 Å². The molecule has 3 nitrogen and oxygen atoms in total. The summed E-state index contributed by atoms with van der Waals surface area (Å²) in [4.78, 5) is 0. The Hall–Kier alpha value is -1.14. The third kappa shape index (κ3) is 7.78. The third-order valence-corrected chi connectivity index (χ3v) is 6.82. The van der Waals surface area contributed by atoms with Crippen molar-refractivity contribution in [1.82, 2.24) is 9.13 Å². The number of imidazole rings is 1. The maximum atomic E-state index is 5.63. The number of benzene rings is 1. The van der Waals surface area contributed by atoms with Gasteiger partial charge in [0.05, 0.1) is 0 Å². The standard InChI is InChI=1S/C16H20N2Si.C6H13N.Pt/c1-17-14-18(12-15-8-6-5-7-9-15)13-16(17)10-11-19(2,3)4;7-6-4-2-1-3-5-6;/h5-9,13H,12H2,1-4H3;6H,1-5,7H2;. The number of nitrogens with two attached hydrogens (primary N) is 1. The molecule has 1 aromatic heterocycles. The van der Waals surface area contributed by atoms with E-state index in [9.17, 15) is 0 Å². The molecule has 0 unspecified atom stereocenters. The van der Waals surface area contributed by atoms with Gasteiger partial charge in [-0.1, -0.05) is 19.3 Å². The first-order chi connectivity index (χ1) is 12.8. The van der Waals surface area contributed by atoms with E-state index in [0.717, 1.165) is 12.2 Å². The zero-order chi connectivity index (χ0) is 19.9. The summed E-state index contributed by atoms with van der Waals surface area (Å²) in [5.74, 6) is 3.35. The quantitative estimate of drug-likeness (QED) is 0.426. The van der Waals surface area contributed by atoms with E-state index in [0.29, 0.717) is 6.04 Å². The van der Waals surface area contributed by atoms with Crippen LogP contribution in [0.2, 0.25) is 19.6 Å². The summed E-state index contributed by atoms with van der Waals surface area (Å²) in [5.41, 5.74) is 11.5. The van der Waals surface area contributed by atoms with Crippen LogP contribution < -0.4 is 5.73 Å². The van der Waals surface area contributed by atoms with Gasteiger partial charge in [-0.05, 0) is 12.8 Å². The van der Waals surface area contributed by atoms with E-state index in [1.165, 1.54) is 41.5 Å². The number of aromatic nitrogens is 2. The van der Waals surface area contributed by atoms with Crippen molar-refractivity contribution in [2.75, 3.05) is 0 Å². The molecule has 1 heterocycles. The molecule has 1 aromatic carbocycles. The predicted molar refractivity (Wildman–Crippen MR) is 113 cm³/mol. The summed E-state index contributed by atoms with van der Waals surface area (Å²) in [7, 11) is 0.750. The first-order valence-electron chi connectivity index (χ1n) is 9.80. The zero-order valence-corrected chi connectivity index (χ0v) is 20.3. The Morgan fingerprint density at radius 2 is 1.74 bits per heavy atom. The van der Waals surface area contributed by atoms with Crippen molar-refractivity contribution in [3.05, 3.63) is 51.6 Å². The average molecular weight is 563 g/mol. The average Bonchev–Trinajstić information content (AvgIpc) is 2.89. The van der Waals surface area contributed by atoms with Gasteiger partial charge in [0.15, 0.2) is 0 Å². The fraction of sp³-hybridized carbons (Fsp3) is 0.500. The van der Waals surface area contributed by atoms with Crippen LogP contribution in [0.5, 0.6) is 0 Å².